The van der Waals surface area contributed by atoms with Gasteiger partial charge < -0.3 is 19.8 Å². The van der Waals surface area contributed by atoms with Crippen molar-refractivity contribution in [3.05, 3.63) is 34.5 Å². The van der Waals surface area contributed by atoms with Gasteiger partial charge in [0.05, 0.1) is 18.5 Å². The van der Waals surface area contributed by atoms with Crippen LogP contribution in [0, 0.1) is 0 Å². The Kier molecular flexibility index (Phi) is 3.05. The van der Waals surface area contributed by atoms with E-state index < -0.39 is 0 Å². The highest BCUT2D eigenvalue weighted by Gasteiger charge is 2.45. The second kappa shape index (κ2) is 4.57. The minimum Gasteiger partial charge on any atom is -0.497 e. The molecular formula is C13H18BNO3. The topological polar surface area (TPSA) is 53.7 Å². The van der Waals surface area contributed by atoms with Crippen LogP contribution < -0.4 is 5.73 Å². The van der Waals surface area contributed by atoms with E-state index in [-0.39, 0.29) is 19.3 Å². The quantitative estimate of drug-likeness (QED) is 0.748. The molecule has 0 bridgehead atoms. The molecule has 0 saturated carbocycles. The molecule has 2 N–H and O–H groups in total. The van der Waals surface area contributed by atoms with E-state index in [4.69, 9.17) is 19.8 Å². The molecule has 2 atom stereocenters. The Bertz CT molecular complexity index is 455. The van der Waals surface area contributed by atoms with Gasteiger partial charge in [-0.05, 0) is 41.6 Å². The third-order valence-corrected chi connectivity index (χ3v) is 3.88. The molecule has 0 fully saturated rings. The lowest BCUT2D eigenvalue weighted by molar-refractivity contribution is 0.144. The van der Waals surface area contributed by atoms with Crippen LogP contribution in [0.2, 0.25) is 0 Å². The summed E-state index contributed by atoms with van der Waals surface area (Å²) in [5.74, 6) is 0. The maximum atomic E-state index is 5.97. The van der Waals surface area contributed by atoms with Crippen LogP contribution in [-0.4, -0.2) is 32.5 Å². The molecule has 0 aromatic carbocycles. The van der Waals surface area contributed by atoms with Gasteiger partial charge in [0.1, 0.15) is 6.61 Å². The van der Waals surface area contributed by atoms with Gasteiger partial charge in [-0.25, -0.2) is 0 Å². The largest absolute Gasteiger partial charge is 0.497 e. The summed E-state index contributed by atoms with van der Waals surface area (Å²) in [5, 5.41) is 0. The van der Waals surface area contributed by atoms with Crippen molar-refractivity contribution in [2.75, 3.05) is 13.2 Å². The number of ether oxygens (including phenoxy) is 1. The fourth-order valence-corrected chi connectivity index (χ4v) is 2.95. The molecule has 0 aromatic rings. The van der Waals surface area contributed by atoms with Crippen molar-refractivity contribution >= 4 is 7.12 Å². The first kappa shape index (κ1) is 12.0. The third kappa shape index (κ3) is 1.66. The Morgan fingerprint density at radius 3 is 3.00 bits per heavy atom. The van der Waals surface area contributed by atoms with E-state index in [9.17, 15) is 0 Å². The molecule has 5 heteroatoms. The predicted molar refractivity (Wildman–Crippen MR) is 69.7 cm³/mol. The van der Waals surface area contributed by atoms with Crippen molar-refractivity contribution in [1.82, 2.24) is 0 Å². The van der Waals surface area contributed by atoms with Crippen LogP contribution in [0.4, 0.5) is 0 Å². The maximum absolute atomic E-state index is 5.97. The molecule has 3 aliphatic rings. The number of hydrogen-bond donors (Lipinski definition) is 1. The fraction of sp³-hybridized carbons (Fsp3) is 0.538. The number of rotatable bonds is 2. The lowest BCUT2D eigenvalue weighted by Crippen LogP contribution is -2.39. The molecule has 0 aromatic heterocycles. The molecule has 3 aliphatic heterocycles. The van der Waals surface area contributed by atoms with Crippen molar-refractivity contribution in [1.29, 1.82) is 0 Å². The van der Waals surface area contributed by atoms with Gasteiger partial charge >= 0.3 is 7.12 Å². The lowest BCUT2D eigenvalue weighted by atomic mass is 9.68. The molecule has 0 spiro atoms. The summed E-state index contributed by atoms with van der Waals surface area (Å²) in [7, 11) is -0.278. The number of nitrogens with two attached hydrogens (primary N) is 1. The van der Waals surface area contributed by atoms with Crippen LogP contribution in [0.1, 0.15) is 20.3 Å². The minimum atomic E-state index is -0.278. The van der Waals surface area contributed by atoms with Crippen LogP contribution in [0.15, 0.2) is 34.5 Å². The highest BCUT2D eigenvalue weighted by atomic mass is 16.6. The molecule has 3 rings (SSSR count). The molecule has 96 valence electrons. The van der Waals surface area contributed by atoms with E-state index in [2.05, 4.69) is 6.92 Å². The Morgan fingerprint density at radius 2 is 2.28 bits per heavy atom. The maximum Gasteiger partial charge on any atom is 0.495 e. The molecule has 1 unspecified atom stereocenters. The van der Waals surface area contributed by atoms with Crippen molar-refractivity contribution < 1.29 is 14.0 Å². The molecule has 18 heavy (non-hydrogen) atoms. The van der Waals surface area contributed by atoms with Gasteiger partial charge in [-0.2, -0.15) is 0 Å². The van der Waals surface area contributed by atoms with Gasteiger partial charge in [-0.1, -0.05) is 6.92 Å². The Labute approximate surface area is 108 Å². The van der Waals surface area contributed by atoms with Gasteiger partial charge in [-0.15, -0.1) is 0 Å². The van der Waals surface area contributed by atoms with Crippen molar-refractivity contribution in [3.63, 3.8) is 0 Å². The first-order valence-corrected chi connectivity index (χ1v) is 6.51. The zero-order valence-corrected chi connectivity index (χ0v) is 10.8. The molecule has 4 nitrogen and oxygen atoms in total. The van der Waals surface area contributed by atoms with Gasteiger partial charge in [0.25, 0.3) is 0 Å². The van der Waals surface area contributed by atoms with Gasteiger partial charge in [0, 0.05) is 6.54 Å². The Morgan fingerprint density at radius 1 is 1.44 bits per heavy atom. The number of allylic oxidation sites excluding steroid dienone is 3. The van der Waals surface area contributed by atoms with Gasteiger partial charge in [0.15, 0.2) is 0 Å². The van der Waals surface area contributed by atoms with E-state index in [0.29, 0.717) is 13.2 Å². The van der Waals surface area contributed by atoms with Crippen molar-refractivity contribution in [2.24, 2.45) is 5.73 Å². The SMILES string of the molecule is CCC1=C2C=COCC3=C2B(OC3C)O[C@@H]1CN. The van der Waals surface area contributed by atoms with E-state index in [1.807, 2.05) is 13.0 Å². The van der Waals surface area contributed by atoms with Crippen molar-refractivity contribution in [3.8, 4) is 0 Å². The second-order valence-electron chi connectivity index (χ2n) is 4.82. The van der Waals surface area contributed by atoms with Crippen LogP contribution in [0.25, 0.3) is 0 Å². The summed E-state index contributed by atoms with van der Waals surface area (Å²) in [6, 6.07) is 0. The van der Waals surface area contributed by atoms with E-state index in [0.717, 1.165) is 11.9 Å². The zero-order chi connectivity index (χ0) is 12.7. The second-order valence-corrected chi connectivity index (χ2v) is 4.82. The van der Waals surface area contributed by atoms with E-state index >= 15 is 0 Å². The standard InChI is InChI=1S/C13H18BNO3/c1-3-9-10-4-5-16-7-11-8(2)17-14(13(10)11)18-12(9)6-15/h4-5,8,12H,3,6-7,15H2,1-2H3/t8?,12-/m1/s1. The number of hydrogen-bond acceptors (Lipinski definition) is 4. The first-order valence-electron chi connectivity index (χ1n) is 6.51. The molecule has 0 aliphatic carbocycles. The fourth-order valence-electron chi connectivity index (χ4n) is 2.95. The summed E-state index contributed by atoms with van der Waals surface area (Å²) < 4.78 is 17.3. The van der Waals surface area contributed by atoms with Crippen LogP contribution in [-0.2, 0) is 14.0 Å². The third-order valence-electron chi connectivity index (χ3n) is 3.88. The Hall–Kier alpha value is -1.04. The van der Waals surface area contributed by atoms with Gasteiger partial charge in [-0.3, -0.25) is 0 Å². The summed E-state index contributed by atoms with van der Waals surface area (Å²) in [6.45, 7) is 5.24. The highest BCUT2D eigenvalue weighted by Crippen LogP contribution is 2.40. The molecule has 0 radical (unpaired) electrons. The highest BCUT2D eigenvalue weighted by molar-refractivity contribution is 6.57. The van der Waals surface area contributed by atoms with E-state index in [1.54, 1.807) is 6.26 Å². The van der Waals surface area contributed by atoms with Gasteiger partial charge in [0.2, 0.25) is 0 Å². The Balaban J connectivity index is 2.15. The van der Waals surface area contributed by atoms with Crippen LogP contribution >= 0.6 is 0 Å². The summed E-state index contributed by atoms with van der Waals surface area (Å²) in [4.78, 5) is 0. The molecular weight excluding hydrogens is 229 g/mol. The first-order chi connectivity index (χ1) is 8.76. The molecule has 0 amide bonds. The zero-order valence-electron chi connectivity index (χ0n) is 10.8. The minimum absolute atomic E-state index is 0.0481. The summed E-state index contributed by atoms with van der Waals surface area (Å²) >= 11 is 0. The van der Waals surface area contributed by atoms with E-state index in [1.165, 1.54) is 16.7 Å². The molecule has 3 heterocycles. The normalized spacial score (nSPS) is 30.5. The summed E-state index contributed by atoms with van der Waals surface area (Å²) in [5.41, 5.74) is 10.6. The average molecular weight is 247 g/mol. The smallest absolute Gasteiger partial charge is 0.495 e. The predicted octanol–water partition coefficient (Wildman–Crippen LogP) is 1.34. The van der Waals surface area contributed by atoms with Crippen LogP contribution in [0.5, 0.6) is 0 Å². The summed E-state index contributed by atoms with van der Waals surface area (Å²) in [6.07, 6.45) is 4.73. The lowest BCUT2D eigenvalue weighted by Gasteiger charge is -2.30. The van der Waals surface area contributed by atoms with Crippen molar-refractivity contribution in [2.45, 2.75) is 32.5 Å². The monoisotopic (exact) mass is 247 g/mol. The van der Waals surface area contributed by atoms with Crippen LogP contribution in [0.3, 0.4) is 0 Å². The molecule has 0 saturated heterocycles. The average Bonchev–Trinajstić information content (AvgIpc) is 2.57.